The maximum atomic E-state index is 4.89. The fourth-order valence-electron chi connectivity index (χ4n) is 0.540. The van der Waals surface area contributed by atoms with Crippen LogP contribution in [0.4, 0.5) is 0 Å². The Balaban J connectivity index is 0. The molecule has 0 aliphatic heterocycles. The van der Waals surface area contributed by atoms with E-state index in [9.17, 15) is 0 Å². The zero-order chi connectivity index (χ0) is 8.95. The van der Waals surface area contributed by atoms with Gasteiger partial charge in [-0.2, -0.15) is 14.1 Å². The molecule has 0 aliphatic rings. The molecule has 0 saturated heterocycles. The molecule has 0 aromatic rings. The van der Waals surface area contributed by atoms with Crippen LogP contribution in [0.5, 0.6) is 0 Å². The van der Waals surface area contributed by atoms with E-state index in [4.69, 9.17) is 18.6 Å². The molecule has 0 fully saturated rings. The quantitative estimate of drug-likeness (QED) is 0.515. The van der Waals surface area contributed by atoms with Crippen LogP contribution in [-0.2, 0) is 17.0 Å². The van der Waals surface area contributed by atoms with Crippen LogP contribution in [0.2, 0.25) is 0 Å². The average Bonchev–Trinajstić information content (AvgIpc) is 2.00. The van der Waals surface area contributed by atoms with Crippen molar-refractivity contribution in [3.05, 3.63) is 10.6 Å². The van der Waals surface area contributed by atoms with Crippen molar-refractivity contribution in [1.82, 2.24) is 0 Å². The first-order valence-corrected chi connectivity index (χ1v) is 7.70. The van der Waals surface area contributed by atoms with Crippen LogP contribution in [0, 0.1) is 0 Å². The minimum absolute atomic E-state index is 0.556. The predicted octanol–water partition coefficient (Wildman–Crippen LogP) is 3.15. The van der Waals surface area contributed by atoms with Gasteiger partial charge in [0.05, 0.1) is 0 Å². The third-order valence-corrected chi connectivity index (χ3v) is 1.01. The molecule has 5 heteroatoms. The summed E-state index contributed by atoms with van der Waals surface area (Å²) in [5.41, 5.74) is 0. The van der Waals surface area contributed by atoms with Crippen LogP contribution in [-0.4, -0.2) is 27.2 Å². The zero-order valence-electron chi connectivity index (χ0n) is 6.98. The van der Waals surface area contributed by atoms with Crippen molar-refractivity contribution >= 4 is 18.6 Å². The molecule has 0 N–H and O–H groups in total. The summed E-state index contributed by atoms with van der Waals surface area (Å²) in [7, 11) is 13.5. The summed E-state index contributed by atoms with van der Waals surface area (Å²) in [6.45, 7) is 1.99. The van der Waals surface area contributed by atoms with E-state index in [-0.39, 0.29) is 0 Å². The molecule has 0 aromatic heterocycles. The normalized spacial score (nSPS) is 8.36. The monoisotopic (exact) mass is 232 g/mol. The Bertz CT molecular complexity index is 51.8. The standard InChI is InChI=1S/C6H14N2.2ClH.Ti/c1-7-5-3-4-6-8-2;;;/h3-6H2,1-2H3;2*1H;/q-2;;;+2/p-2. The maximum absolute atomic E-state index is 4.89. The van der Waals surface area contributed by atoms with Crippen LogP contribution < -0.4 is 0 Å². The molecule has 11 heavy (non-hydrogen) atoms. The molecule has 0 aromatic carbocycles. The Morgan fingerprint density at radius 1 is 1.00 bits per heavy atom. The summed E-state index contributed by atoms with van der Waals surface area (Å²) < 4.78 is 0. The third-order valence-electron chi connectivity index (χ3n) is 1.01. The van der Waals surface area contributed by atoms with E-state index in [1.54, 1.807) is 0 Å². The molecule has 0 atom stereocenters. The topological polar surface area (TPSA) is 28.2 Å². The van der Waals surface area contributed by atoms with E-state index in [1.165, 1.54) is 12.8 Å². The molecule has 0 spiro atoms. The average molecular weight is 233 g/mol. The van der Waals surface area contributed by atoms with Crippen LogP contribution in [0.1, 0.15) is 12.8 Å². The van der Waals surface area contributed by atoms with Crippen LogP contribution in [0.25, 0.3) is 10.6 Å². The van der Waals surface area contributed by atoms with Gasteiger partial charge in [-0.3, -0.25) is 0 Å². The van der Waals surface area contributed by atoms with E-state index >= 15 is 0 Å². The Morgan fingerprint density at radius 2 is 1.27 bits per heavy atom. The number of rotatable bonds is 5. The van der Waals surface area contributed by atoms with Gasteiger partial charge in [-0.1, -0.05) is 12.8 Å². The van der Waals surface area contributed by atoms with Gasteiger partial charge in [0, 0.05) is 0 Å². The summed E-state index contributed by atoms with van der Waals surface area (Å²) in [6.07, 6.45) is 2.38. The van der Waals surface area contributed by atoms with Gasteiger partial charge in [0.1, 0.15) is 0 Å². The van der Waals surface area contributed by atoms with E-state index < -0.39 is 17.0 Å². The molecular weight excluding hydrogens is 219 g/mol. The molecule has 2 nitrogen and oxygen atoms in total. The van der Waals surface area contributed by atoms with Crippen LogP contribution >= 0.6 is 18.6 Å². The Labute approximate surface area is 86.1 Å². The van der Waals surface area contributed by atoms with Gasteiger partial charge in [0.2, 0.25) is 0 Å². The van der Waals surface area contributed by atoms with Crippen LogP contribution in [0.3, 0.4) is 0 Å². The van der Waals surface area contributed by atoms with E-state index in [1.807, 2.05) is 14.1 Å². The minimum atomic E-state index is -0.556. The first-order chi connectivity index (χ1) is 5.33. The molecule has 0 heterocycles. The number of halogens is 2. The zero-order valence-corrected chi connectivity index (χ0v) is 10.1. The first kappa shape index (κ1) is 14.7. The second-order valence-corrected chi connectivity index (χ2v) is 4.44. The molecule has 0 radical (unpaired) electrons. The molecule has 0 saturated carbocycles. The number of unbranched alkanes of at least 4 members (excludes halogenated alkanes) is 1. The van der Waals surface area contributed by atoms with E-state index in [0.29, 0.717) is 0 Å². The van der Waals surface area contributed by atoms with E-state index in [0.717, 1.165) is 13.1 Å². The SMILES string of the molecule is C[N-]CCCC[N-]C.[Cl][Ti][Cl]. The van der Waals surface area contributed by atoms with Crippen molar-refractivity contribution in [3.63, 3.8) is 0 Å². The van der Waals surface area contributed by atoms with Gasteiger partial charge in [-0.05, 0) is 0 Å². The van der Waals surface area contributed by atoms with Gasteiger partial charge in [0.15, 0.2) is 0 Å². The Kier molecular flexibility index (Phi) is 23.2. The van der Waals surface area contributed by atoms with Crippen molar-refractivity contribution in [2.75, 3.05) is 27.2 Å². The van der Waals surface area contributed by atoms with Crippen molar-refractivity contribution in [2.24, 2.45) is 0 Å². The van der Waals surface area contributed by atoms with Crippen molar-refractivity contribution in [1.29, 1.82) is 0 Å². The molecular formula is C6H14Cl2N2Ti-2. The van der Waals surface area contributed by atoms with Crippen molar-refractivity contribution in [2.45, 2.75) is 12.8 Å². The van der Waals surface area contributed by atoms with Gasteiger partial charge in [0.25, 0.3) is 0 Å². The first-order valence-electron chi connectivity index (χ1n) is 3.40. The van der Waals surface area contributed by atoms with Gasteiger partial charge in [-0.15, -0.1) is 13.1 Å². The van der Waals surface area contributed by atoms with E-state index in [2.05, 4.69) is 10.6 Å². The van der Waals surface area contributed by atoms with Crippen molar-refractivity contribution in [3.8, 4) is 0 Å². The molecule has 0 bridgehead atoms. The molecule has 68 valence electrons. The van der Waals surface area contributed by atoms with Crippen molar-refractivity contribution < 1.29 is 17.0 Å². The summed E-state index contributed by atoms with van der Waals surface area (Å²) in [5, 5.41) is 7.93. The Hall–Kier alpha value is 1.21. The molecule has 0 unspecified atom stereocenters. The van der Waals surface area contributed by atoms with Gasteiger partial charge < -0.3 is 10.6 Å². The number of hydrogen-bond acceptors (Lipinski definition) is 0. The second-order valence-electron chi connectivity index (χ2n) is 1.86. The fourth-order valence-corrected chi connectivity index (χ4v) is 0.540. The fraction of sp³-hybridized carbons (Fsp3) is 1.00. The summed E-state index contributed by atoms with van der Waals surface area (Å²) in [6, 6.07) is 0. The molecule has 0 rings (SSSR count). The number of nitrogens with zero attached hydrogens (tertiary/aromatic N) is 2. The molecule has 0 amide bonds. The van der Waals surface area contributed by atoms with Gasteiger partial charge >= 0.3 is 35.6 Å². The predicted molar refractivity (Wildman–Crippen MR) is 49.2 cm³/mol. The number of hydrogen-bond donors (Lipinski definition) is 0. The second kappa shape index (κ2) is 17.3. The van der Waals surface area contributed by atoms with Crippen LogP contribution in [0.15, 0.2) is 0 Å². The summed E-state index contributed by atoms with van der Waals surface area (Å²) >= 11 is -0.556. The summed E-state index contributed by atoms with van der Waals surface area (Å²) in [4.78, 5) is 0. The summed E-state index contributed by atoms with van der Waals surface area (Å²) in [5.74, 6) is 0. The molecule has 0 aliphatic carbocycles. The van der Waals surface area contributed by atoms with Gasteiger partial charge in [-0.25, -0.2) is 0 Å². The Morgan fingerprint density at radius 3 is 1.45 bits per heavy atom. The third kappa shape index (κ3) is 24.7.